The highest BCUT2D eigenvalue weighted by Gasteiger charge is 2.18. The molecule has 8 rings (SSSR count). The molecule has 0 bridgehead atoms. The Balaban J connectivity index is 1.38. The molecule has 4 aromatic heterocycles. The lowest BCUT2D eigenvalue weighted by Gasteiger charge is -2.08. The van der Waals surface area contributed by atoms with E-state index in [1.54, 1.807) is 0 Å². The average Bonchev–Trinajstić information content (AvgIpc) is 3.60. The molecule has 0 aliphatic rings. The van der Waals surface area contributed by atoms with Crippen LogP contribution < -0.4 is 0 Å². The summed E-state index contributed by atoms with van der Waals surface area (Å²) in [6.45, 7) is 0. The quantitative estimate of drug-likeness (QED) is 0.268. The van der Waals surface area contributed by atoms with E-state index in [0.717, 1.165) is 39.1 Å². The molecule has 0 amide bonds. The van der Waals surface area contributed by atoms with E-state index in [2.05, 4.69) is 88.0 Å². The van der Waals surface area contributed by atoms with Crippen molar-refractivity contribution in [1.29, 1.82) is 0 Å². The van der Waals surface area contributed by atoms with Gasteiger partial charge in [-0.2, -0.15) is 0 Å². The van der Waals surface area contributed by atoms with Crippen LogP contribution in [0.2, 0.25) is 0 Å². The fourth-order valence-corrected chi connectivity index (χ4v) is 5.41. The molecule has 35 heavy (non-hydrogen) atoms. The number of benzene rings is 4. The van der Waals surface area contributed by atoms with Crippen LogP contribution in [0.1, 0.15) is 0 Å². The highest BCUT2D eigenvalue weighted by Crippen LogP contribution is 2.41. The van der Waals surface area contributed by atoms with Gasteiger partial charge in [0.2, 0.25) is 0 Å². The number of pyridine rings is 1. The first-order chi connectivity index (χ1) is 17.3. The van der Waals surface area contributed by atoms with Gasteiger partial charge < -0.3 is 13.4 Å². The number of rotatable bonds is 2. The first kappa shape index (κ1) is 18.6. The van der Waals surface area contributed by atoms with E-state index in [9.17, 15) is 0 Å². The van der Waals surface area contributed by atoms with Crippen LogP contribution in [0, 0.1) is 0 Å². The van der Waals surface area contributed by atoms with Crippen LogP contribution in [0.5, 0.6) is 0 Å². The van der Waals surface area contributed by atoms with E-state index in [4.69, 9.17) is 9.40 Å². The highest BCUT2D eigenvalue weighted by molar-refractivity contribution is 6.27. The molecule has 8 aromatic rings. The van der Waals surface area contributed by atoms with Gasteiger partial charge in [0.05, 0.1) is 16.7 Å². The van der Waals surface area contributed by atoms with Gasteiger partial charge >= 0.3 is 0 Å². The number of hydrogen-bond donors (Lipinski definition) is 0. The topological polar surface area (TPSA) is 35.4 Å². The molecule has 4 heteroatoms. The van der Waals surface area contributed by atoms with E-state index in [0.29, 0.717) is 0 Å². The lowest BCUT2D eigenvalue weighted by molar-refractivity contribution is 0.669. The molecule has 0 saturated heterocycles. The molecular formula is C31H19N3O. The Morgan fingerprint density at radius 1 is 0.600 bits per heavy atom. The van der Waals surface area contributed by atoms with Crippen LogP contribution in [-0.2, 0) is 0 Å². The number of fused-ring (bicyclic) bond motifs is 8. The van der Waals surface area contributed by atoms with Crippen molar-refractivity contribution in [1.82, 2.24) is 14.0 Å². The van der Waals surface area contributed by atoms with Crippen molar-refractivity contribution in [2.75, 3.05) is 0 Å². The maximum Gasteiger partial charge on any atom is 0.137 e. The smallest absolute Gasteiger partial charge is 0.137 e. The SMILES string of the molecule is c1ccc2c(c1)oc1ccc3c(c4ccccc4n3-c3ccc(-c4cn5ccccc5n4)cc3)c12. The van der Waals surface area contributed by atoms with E-state index in [1.807, 2.05) is 36.5 Å². The Morgan fingerprint density at radius 2 is 1.40 bits per heavy atom. The summed E-state index contributed by atoms with van der Waals surface area (Å²) in [5, 5.41) is 4.78. The first-order valence-corrected chi connectivity index (χ1v) is 11.7. The Kier molecular flexibility index (Phi) is 3.63. The van der Waals surface area contributed by atoms with Crippen LogP contribution in [-0.4, -0.2) is 14.0 Å². The fourth-order valence-electron chi connectivity index (χ4n) is 5.41. The van der Waals surface area contributed by atoms with E-state index < -0.39 is 0 Å². The number of aromatic nitrogens is 3. The monoisotopic (exact) mass is 449 g/mol. The van der Waals surface area contributed by atoms with Gasteiger partial charge in [-0.1, -0.05) is 54.6 Å². The van der Waals surface area contributed by atoms with Crippen LogP contribution in [0.3, 0.4) is 0 Å². The molecule has 4 heterocycles. The van der Waals surface area contributed by atoms with Crippen molar-refractivity contribution in [3.8, 4) is 16.9 Å². The summed E-state index contributed by atoms with van der Waals surface area (Å²) in [4.78, 5) is 4.78. The minimum Gasteiger partial charge on any atom is -0.456 e. The van der Waals surface area contributed by atoms with Crippen LogP contribution in [0.15, 0.2) is 120 Å². The normalized spacial score (nSPS) is 12.0. The Morgan fingerprint density at radius 3 is 2.29 bits per heavy atom. The van der Waals surface area contributed by atoms with Crippen LogP contribution in [0.4, 0.5) is 0 Å². The van der Waals surface area contributed by atoms with E-state index in [1.165, 1.54) is 27.2 Å². The molecule has 4 aromatic carbocycles. The third kappa shape index (κ3) is 2.59. The third-order valence-corrected chi connectivity index (χ3v) is 6.96. The minimum atomic E-state index is 0.920. The summed E-state index contributed by atoms with van der Waals surface area (Å²) in [6, 6.07) is 35.9. The zero-order valence-electron chi connectivity index (χ0n) is 18.7. The largest absolute Gasteiger partial charge is 0.456 e. The van der Waals surface area contributed by atoms with E-state index >= 15 is 0 Å². The summed E-state index contributed by atoms with van der Waals surface area (Å²) in [5.41, 5.74) is 8.33. The summed E-state index contributed by atoms with van der Waals surface area (Å²) >= 11 is 0. The van der Waals surface area contributed by atoms with Gasteiger partial charge in [-0.25, -0.2) is 4.98 Å². The third-order valence-electron chi connectivity index (χ3n) is 6.96. The molecule has 0 aliphatic carbocycles. The molecule has 0 fully saturated rings. The highest BCUT2D eigenvalue weighted by atomic mass is 16.3. The summed E-state index contributed by atoms with van der Waals surface area (Å²) in [6.07, 6.45) is 4.10. The molecule has 164 valence electrons. The van der Waals surface area contributed by atoms with Crippen molar-refractivity contribution < 1.29 is 4.42 Å². The minimum absolute atomic E-state index is 0.920. The second-order valence-corrected chi connectivity index (χ2v) is 8.92. The second kappa shape index (κ2) is 6.84. The van der Waals surface area contributed by atoms with Crippen molar-refractivity contribution in [3.63, 3.8) is 0 Å². The molecule has 0 radical (unpaired) electrons. The molecule has 4 nitrogen and oxygen atoms in total. The van der Waals surface area contributed by atoms with Gasteiger partial charge in [-0.3, -0.25) is 0 Å². The molecule has 0 spiro atoms. The van der Waals surface area contributed by atoms with Gasteiger partial charge in [0.15, 0.2) is 0 Å². The molecule has 0 unspecified atom stereocenters. The standard InChI is InChI=1S/C31H19N3O/c1-3-9-25-22(7-1)30-26(16-17-28-31(30)23-8-2-4-10-27(23)35-28)34(25)21-14-12-20(13-15-21)24-19-33-18-6-5-11-29(33)32-24/h1-19H. The van der Waals surface area contributed by atoms with Crippen LogP contribution in [0.25, 0.3) is 66.3 Å². The maximum atomic E-state index is 6.20. The van der Waals surface area contributed by atoms with Gasteiger partial charge in [-0.15, -0.1) is 0 Å². The van der Waals surface area contributed by atoms with Crippen molar-refractivity contribution >= 4 is 49.4 Å². The Labute approximate surface area is 200 Å². The van der Waals surface area contributed by atoms with E-state index in [-0.39, 0.29) is 0 Å². The number of imidazole rings is 1. The summed E-state index contributed by atoms with van der Waals surface area (Å²) in [7, 11) is 0. The van der Waals surface area contributed by atoms with Gasteiger partial charge in [-0.05, 0) is 48.5 Å². The molecule has 0 aliphatic heterocycles. The summed E-state index contributed by atoms with van der Waals surface area (Å²) < 4.78 is 10.6. The zero-order valence-corrected chi connectivity index (χ0v) is 18.7. The van der Waals surface area contributed by atoms with Gasteiger partial charge in [0.25, 0.3) is 0 Å². The maximum absolute atomic E-state index is 6.20. The lowest BCUT2D eigenvalue weighted by atomic mass is 10.1. The molecule has 0 atom stereocenters. The molecule has 0 N–H and O–H groups in total. The number of furan rings is 1. The first-order valence-electron chi connectivity index (χ1n) is 11.7. The summed E-state index contributed by atoms with van der Waals surface area (Å²) in [5.74, 6) is 0. The zero-order chi connectivity index (χ0) is 22.9. The molecule has 0 saturated carbocycles. The number of nitrogens with zero attached hydrogens (tertiary/aromatic N) is 3. The Bertz CT molecular complexity index is 2020. The second-order valence-electron chi connectivity index (χ2n) is 8.92. The molecular weight excluding hydrogens is 430 g/mol. The predicted molar refractivity (Wildman–Crippen MR) is 142 cm³/mol. The Hall–Kier alpha value is -4.83. The number of hydrogen-bond acceptors (Lipinski definition) is 2. The van der Waals surface area contributed by atoms with Crippen molar-refractivity contribution in [2.24, 2.45) is 0 Å². The number of para-hydroxylation sites is 2. The fraction of sp³-hybridized carbons (Fsp3) is 0. The van der Waals surface area contributed by atoms with Crippen LogP contribution >= 0.6 is 0 Å². The van der Waals surface area contributed by atoms with Gasteiger partial charge in [0, 0.05) is 45.2 Å². The van der Waals surface area contributed by atoms with Crippen molar-refractivity contribution in [2.45, 2.75) is 0 Å². The predicted octanol–water partition coefficient (Wildman–Crippen LogP) is 8.00. The van der Waals surface area contributed by atoms with Gasteiger partial charge in [0.1, 0.15) is 16.8 Å². The average molecular weight is 450 g/mol. The lowest BCUT2D eigenvalue weighted by Crippen LogP contribution is -1.93. The van der Waals surface area contributed by atoms with Crippen molar-refractivity contribution in [3.05, 3.63) is 116 Å².